The van der Waals surface area contributed by atoms with Crippen LogP contribution < -0.4 is 5.32 Å². The molecule has 128 valence electrons. The first-order valence-electron chi connectivity index (χ1n) is 7.23. The third-order valence-electron chi connectivity index (χ3n) is 3.59. The summed E-state index contributed by atoms with van der Waals surface area (Å²) in [7, 11) is 0. The lowest BCUT2D eigenvalue weighted by Crippen LogP contribution is -2.32. The summed E-state index contributed by atoms with van der Waals surface area (Å²) in [5.41, 5.74) is -0.131. The monoisotopic (exact) mass is 397 g/mol. The highest BCUT2D eigenvalue weighted by Gasteiger charge is 2.27. The van der Waals surface area contributed by atoms with Crippen molar-refractivity contribution >= 4 is 27.8 Å². The highest BCUT2D eigenvalue weighted by atomic mass is 79.9. The van der Waals surface area contributed by atoms with Gasteiger partial charge in [0.1, 0.15) is 5.82 Å². The summed E-state index contributed by atoms with van der Waals surface area (Å²) in [6.45, 7) is 3.41. The first-order valence-corrected chi connectivity index (χ1v) is 8.03. The average molecular weight is 398 g/mol. The fourth-order valence-corrected chi connectivity index (χ4v) is 2.37. The number of carboxylic acid groups (broad SMARTS) is 1. The maximum absolute atomic E-state index is 13.0. The quantitative estimate of drug-likeness (QED) is 0.784. The van der Waals surface area contributed by atoms with Crippen molar-refractivity contribution in [3.05, 3.63) is 46.4 Å². The predicted molar refractivity (Wildman–Crippen MR) is 89.6 cm³/mol. The Hall–Kier alpha value is -2.22. The van der Waals surface area contributed by atoms with Crippen molar-refractivity contribution in [1.82, 2.24) is 15.1 Å². The van der Waals surface area contributed by atoms with Crippen LogP contribution in [0.3, 0.4) is 0 Å². The smallest absolute Gasteiger partial charge is 0.309 e. The molecule has 1 heterocycles. The molecule has 1 aromatic heterocycles. The second-order valence-electron chi connectivity index (χ2n) is 5.94. The molecule has 0 unspecified atom stereocenters. The Labute approximate surface area is 146 Å². The maximum Gasteiger partial charge on any atom is 0.309 e. The molecule has 0 saturated heterocycles. The van der Waals surface area contributed by atoms with Crippen LogP contribution in [0.25, 0.3) is 5.69 Å². The van der Waals surface area contributed by atoms with Crippen LogP contribution in [0.15, 0.2) is 34.9 Å². The Kier molecular flexibility index (Phi) is 5.38. The van der Waals surface area contributed by atoms with E-state index in [1.165, 1.54) is 16.8 Å². The Morgan fingerprint density at radius 2 is 1.96 bits per heavy atom. The van der Waals surface area contributed by atoms with Gasteiger partial charge < -0.3 is 10.4 Å². The van der Waals surface area contributed by atoms with Crippen molar-refractivity contribution in [1.29, 1.82) is 0 Å². The number of halogens is 2. The van der Waals surface area contributed by atoms with Gasteiger partial charge in [-0.2, -0.15) is 5.10 Å². The lowest BCUT2D eigenvalue weighted by atomic mass is 9.90. The Morgan fingerprint density at radius 1 is 1.33 bits per heavy atom. The van der Waals surface area contributed by atoms with Gasteiger partial charge in [-0.3, -0.25) is 9.59 Å². The SMILES string of the molecule is CC(C)(CCNC(=O)c1nn(-c2ccc(F)cc2)cc1Br)C(=O)O. The zero-order valence-electron chi connectivity index (χ0n) is 13.2. The van der Waals surface area contributed by atoms with Crippen molar-refractivity contribution in [2.24, 2.45) is 5.41 Å². The van der Waals surface area contributed by atoms with Gasteiger partial charge in [-0.05, 0) is 60.5 Å². The number of benzene rings is 1. The molecule has 0 aliphatic rings. The van der Waals surface area contributed by atoms with E-state index in [0.29, 0.717) is 16.6 Å². The fraction of sp³-hybridized carbons (Fsp3) is 0.312. The number of carbonyl (C=O) groups excluding carboxylic acids is 1. The molecule has 24 heavy (non-hydrogen) atoms. The van der Waals surface area contributed by atoms with Gasteiger partial charge in [0.25, 0.3) is 5.91 Å². The summed E-state index contributed by atoms with van der Waals surface area (Å²) >= 11 is 3.27. The number of nitrogens with zero attached hydrogens (tertiary/aromatic N) is 2. The van der Waals surface area contributed by atoms with Gasteiger partial charge in [-0.15, -0.1) is 0 Å². The number of aliphatic carboxylic acids is 1. The summed E-state index contributed by atoms with van der Waals surface area (Å²) in [5, 5.41) is 15.9. The number of carbonyl (C=O) groups is 2. The molecular weight excluding hydrogens is 381 g/mol. The molecule has 0 radical (unpaired) electrons. The van der Waals surface area contributed by atoms with E-state index in [9.17, 15) is 14.0 Å². The van der Waals surface area contributed by atoms with Crippen LogP contribution >= 0.6 is 15.9 Å². The number of rotatable bonds is 6. The average Bonchev–Trinajstić information content (AvgIpc) is 2.89. The highest BCUT2D eigenvalue weighted by molar-refractivity contribution is 9.10. The molecule has 0 fully saturated rings. The van der Waals surface area contributed by atoms with Crippen LogP contribution in [0.2, 0.25) is 0 Å². The molecule has 0 aliphatic carbocycles. The van der Waals surface area contributed by atoms with Gasteiger partial charge in [0.2, 0.25) is 0 Å². The Morgan fingerprint density at radius 3 is 2.54 bits per heavy atom. The van der Waals surface area contributed by atoms with Gasteiger partial charge in [0.05, 0.1) is 15.6 Å². The molecule has 6 nitrogen and oxygen atoms in total. The van der Waals surface area contributed by atoms with E-state index in [1.54, 1.807) is 32.2 Å². The molecule has 0 bridgehead atoms. The topological polar surface area (TPSA) is 84.2 Å². The van der Waals surface area contributed by atoms with Crippen molar-refractivity contribution in [3.8, 4) is 5.69 Å². The standard InChI is InChI=1S/C16H17BrFN3O3/c1-16(2,15(23)24)7-8-19-14(22)13-12(17)9-21(20-13)11-5-3-10(18)4-6-11/h3-6,9H,7-8H2,1-2H3,(H,19,22)(H,23,24). The normalized spacial score (nSPS) is 11.3. The molecule has 0 spiro atoms. The van der Waals surface area contributed by atoms with Crippen LogP contribution in [-0.4, -0.2) is 33.3 Å². The van der Waals surface area contributed by atoms with E-state index < -0.39 is 17.3 Å². The number of amides is 1. The third-order valence-corrected chi connectivity index (χ3v) is 4.17. The minimum Gasteiger partial charge on any atom is -0.481 e. The third kappa shape index (κ3) is 4.19. The summed E-state index contributed by atoms with van der Waals surface area (Å²) < 4.78 is 14.9. The van der Waals surface area contributed by atoms with E-state index in [0.717, 1.165) is 0 Å². The van der Waals surface area contributed by atoms with Crippen molar-refractivity contribution < 1.29 is 19.1 Å². The van der Waals surface area contributed by atoms with Gasteiger partial charge in [0.15, 0.2) is 5.69 Å². The molecular formula is C16H17BrFN3O3. The van der Waals surface area contributed by atoms with E-state index >= 15 is 0 Å². The van der Waals surface area contributed by atoms with E-state index in [4.69, 9.17) is 5.11 Å². The predicted octanol–water partition coefficient (Wildman–Crippen LogP) is 3.00. The number of hydrogen-bond donors (Lipinski definition) is 2. The molecule has 8 heteroatoms. The van der Waals surface area contributed by atoms with E-state index in [1.807, 2.05) is 0 Å². The second-order valence-corrected chi connectivity index (χ2v) is 6.80. The number of hydrogen-bond acceptors (Lipinski definition) is 3. The second kappa shape index (κ2) is 7.12. The molecule has 0 aliphatic heterocycles. The molecule has 2 rings (SSSR count). The zero-order valence-corrected chi connectivity index (χ0v) is 14.8. The Balaban J connectivity index is 2.05. The summed E-state index contributed by atoms with van der Waals surface area (Å²) in [6, 6.07) is 5.70. The first-order chi connectivity index (χ1) is 11.2. The molecule has 2 N–H and O–H groups in total. The largest absolute Gasteiger partial charge is 0.481 e. The molecule has 1 amide bonds. The minimum atomic E-state index is -0.919. The van der Waals surface area contributed by atoms with Crippen LogP contribution in [0.4, 0.5) is 4.39 Å². The summed E-state index contributed by atoms with van der Waals surface area (Å²) in [5.74, 6) is -1.69. The van der Waals surface area contributed by atoms with Gasteiger partial charge in [-0.25, -0.2) is 9.07 Å². The fourth-order valence-electron chi connectivity index (χ4n) is 1.91. The van der Waals surface area contributed by atoms with E-state index in [-0.39, 0.29) is 18.1 Å². The van der Waals surface area contributed by atoms with Crippen molar-refractivity contribution in [3.63, 3.8) is 0 Å². The highest BCUT2D eigenvalue weighted by Crippen LogP contribution is 2.21. The summed E-state index contributed by atoms with van der Waals surface area (Å²) in [6.07, 6.45) is 1.90. The summed E-state index contributed by atoms with van der Waals surface area (Å²) in [4.78, 5) is 23.2. The number of nitrogens with one attached hydrogen (secondary N) is 1. The lowest BCUT2D eigenvalue weighted by Gasteiger charge is -2.18. The molecule has 2 aromatic rings. The van der Waals surface area contributed by atoms with Crippen LogP contribution in [0, 0.1) is 11.2 Å². The molecule has 1 aromatic carbocycles. The molecule has 0 atom stereocenters. The number of carboxylic acids is 1. The van der Waals surface area contributed by atoms with Gasteiger partial charge in [-0.1, -0.05) is 0 Å². The van der Waals surface area contributed by atoms with Crippen LogP contribution in [0.5, 0.6) is 0 Å². The number of aromatic nitrogens is 2. The Bertz CT molecular complexity index is 756. The zero-order chi connectivity index (χ0) is 17.9. The van der Waals surface area contributed by atoms with Crippen molar-refractivity contribution in [2.45, 2.75) is 20.3 Å². The lowest BCUT2D eigenvalue weighted by molar-refractivity contribution is -0.147. The van der Waals surface area contributed by atoms with Crippen LogP contribution in [0.1, 0.15) is 30.8 Å². The molecule has 0 saturated carbocycles. The van der Waals surface area contributed by atoms with E-state index in [2.05, 4.69) is 26.3 Å². The van der Waals surface area contributed by atoms with Gasteiger partial charge >= 0.3 is 5.97 Å². The minimum absolute atomic E-state index is 0.174. The van der Waals surface area contributed by atoms with Crippen LogP contribution in [-0.2, 0) is 4.79 Å². The first kappa shape index (κ1) is 18.1. The van der Waals surface area contributed by atoms with Crippen molar-refractivity contribution in [2.75, 3.05) is 6.54 Å². The van der Waals surface area contributed by atoms with Gasteiger partial charge in [0, 0.05) is 12.7 Å². The maximum atomic E-state index is 13.0.